The van der Waals surface area contributed by atoms with Gasteiger partial charge in [-0.05, 0) is 24.8 Å². The summed E-state index contributed by atoms with van der Waals surface area (Å²) in [5.41, 5.74) is 0.680. The first-order chi connectivity index (χ1) is 9.63. The maximum atomic E-state index is 12.1. The lowest BCUT2D eigenvalue weighted by Gasteiger charge is -2.14. The third kappa shape index (κ3) is 2.62. The van der Waals surface area contributed by atoms with E-state index in [2.05, 4.69) is 4.98 Å². The van der Waals surface area contributed by atoms with Crippen molar-refractivity contribution < 1.29 is 14.3 Å². The highest BCUT2D eigenvalue weighted by molar-refractivity contribution is 7.13. The highest BCUT2D eigenvalue weighted by Crippen LogP contribution is 2.26. The van der Waals surface area contributed by atoms with Crippen molar-refractivity contribution in [1.82, 2.24) is 9.88 Å². The van der Waals surface area contributed by atoms with Gasteiger partial charge >= 0.3 is 0 Å². The van der Waals surface area contributed by atoms with Crippen molar-refractivity contribution in [3.05, 3.63) is 29.0 Å². The number of thiophene rings is 1. The quantitative estimate of drug-likeness (QED) is 0.937. The lowest BCUT2D eigenvalue weighted by molar-refractivity contribution is -0.129. The van der Waals surface area contributed by atoms with Crippen LogP contribution in [0.2, 0.25) is 0 Å². The molecule has 1 atom stereocenters. The molecule has 1 fully saturated rings. The third-order valence-corrected chi connectivity index (χ3v) is 4.32. The number of aliphatic hydroxyl groups is 1. The van der Waals surface area contributed by atoms with Crippen LogP contribution >= 0.6 is 11.3 Å². The number of hydrogen-bond donors (Lipinski definition) is 1. The van der Waals surface area contributed by atoms with Crippen LogP contribution < -0.4 is 0 Å². The Morgan fingerprint density at radius 2 is 2.50 bits per heavy atom. The van der Waals surface area contributed by atoms with E-state index in [4.69, 9.17) is 4.42 Å². The summed E-state index contributed by atoms with van der Waals surface area (Å²) in [4.78, 5) is 19.2. The lowest BCUT2D eigenvalue weighted by Crippen LogP contribution is -2.31. The zero-order chi connectivity index (χ0) is 14.1. The fourth-order valence-electron chi connectivity index (χ4n) is 2.32. The van der Waals surface area contributed by atoms with Gasteiger partial charge in [0.05, 0.1) is 23.1 Å². The summed E-state index contributed by atoms with van der Waals surface area (Å²) in [5.74, 6) is 1.25. The van der Waals surface area contributed by atoms with Crippen molar-refractivity contribution in [2.24, 2.45) is 0 Å². The molecule has 0 aromatic carbocycles. The first-order valence-corrected chi connectivity index (χ1v) is 7.47. The van der Waals surface area contributed by atoms with Gasteiger partial charge in [-0.3, -0.25) is 4.79 Å². The van der Waals surface area contributed by atoms with E-state index in [1.807, 2.05) is 24.4 Å². The molecule has 1 amide bonds. The fourth-order valence-corrected chi connectivity index (χ4v) is 2.97. The van der Waals surface area contributed by atoms with Crippen molar-refractivity contribution in [2.75, 3.05) is 13.1 Å². The Morgan fingerprint density at radius 1 is 1.65 bits per heavy atom. The Hall–Kier alpha value is -1.66. The fraction of sp³-hybridized carbons (Fsp3) is 0.429. The van der Waals surface area contributed by atoms with Gasteiger partial charge in [0.1, 0.15) is 5.76 Å². The minimum atomic E-state index is -0.390. The van der Waals surface area contributed by atoms with Crippen LogP contribution in [-0.4, -0.2) is 40.1 Å². The number of carbonyl (C=O) groups is 1. The molecule has 0 spiro atoms. The van der Waals surface area contributed by atoms with Gasteiger partial charge < -0.3 is 14.4 Å². The normalized spacial score (nSPS) is 18.7. The SMILES string of the molecule is Cc1oc(-c2cccs2)nc1CC(=O)N1CC[C@H](O)C1. The van der Waals surface area contributed by atoms with Gasteiger partial charge in [-0.25, -0.2) is 4.98 Å². The topological polar surface area (TPSA) is 66.6 Å². The number of likely N-dealkylation sites (tertiary alicyclic amines) is 1. The number of hydrogen-bond acceptors (Lipinski definition) is 5. The third-order valence-electron chi connectivity index (χ3n) is 3.46. The average Bonchev–Trinajstić information content (AvgIpc) is 3.11. The number of amides is 1. The monoisotopic (exact) mass is 292 g/mol. The highest BCUT2D eigenvalue weighted by atomic mass is 32.1. The number of rotatable bonds is 3. The smallest absolute Gasteiger partial charge is 0.236 e. The summed E-state index contributed by atoms with van der Waals surface area (Å²) < 4.78 is 5.62. The maximum absolute atomic E-state index is 12.1. The molecular weight excluding hydrogens is 276 g/mol. The van der Waals surface area contributed by atoms with E-state index in [1.165, 1.54) is 0 Å². The molecule has 0 saturated carbocycles. The Morgan fingerprint density at radius 3 is 3.15 bits per heavy atom. The molecule has 2 aromatic heterocycles. The molecule has 1 aliphatic rings. The first-order valence-electron chi connectivity index (χ1n) is 6.59. The molecule has 1 aliphatic heterocycles. The Labute approximate surface area is 120 Å². The van der Waals surface area contributed by atoms with E-state index in [9.17, 15) is 9.90 Å². The number of aryl methyl sites for hydroxylation is 1. The summed E-state index contributed by atoms with van der Waals surface area (Å²) in [7, 11) is 0. The molecule has 1 N–H and O–H groups in total. The van der Waals surface area contributed by atoms with Gasteiger partial charge in [0.25, 0.3) is 0 Å². The number of aliphatic hydroxyl groups excluding tert-OH is 1. The standard InChI is InChI=1S/C14H16N2O3S/c1-9-11(7-13(18)16-5-4-10(17)8-16)15-14(19-9)12-3-2-6-20-12/h2-3,6,10,17H,4-5,7-8H2,1H3/t10-/m0/s1. The molecule has 0 unspecified atom stereocenters. The number of aromatic nitrogens is 1. The van der Waals surface area contributed by atoms with Crippen LogP contribution in [-0.2, 0) is 11.2 Å². The van der Waals surface area contributed by atoms with E-state index < -0.39 is 0 Å². The minimum Gasteiger partial charge on any atom is -0.440 e. The van der Waals surface area contributed by atoms with Gasteiger partial charge in [0, 0.05) is 13.1 Å². The first kappa shape index (κ1) is 13.3. The molecule has 0 aliphatic carbocycles. The molecule has 3 rings (SSSR count). The van der Waals surface area contributed by atoms with Gasteiger partial charge in [-0.15, -0.1) is 11.3 Å². The summed E-state index contributed by atoms with van der Waals surface area (Å²) in [6.45, 7) is 2.87. The molecule has 6 heteroatoms. The zero-order valence-corrected chi connectivity index (χ0v) is 12.0. The van der Waals surface area contributed by atoms with Crippen molar-refractivity contribution in [3.63, 3.8) is 0 Å². The van der Waals surface area contributed by atoms with E-state index in [0.29, 0.717) is 36.9 Å². The highest BCUT2D eigenvalue weighted by Gasteiger charge is 2.26. The van der Waals surface area contributed by atoms with Crippen LogP contribution in [0, 0.1) is 6.92 Å². The van der Waals surface area contributed by atoms with E-state index >= 15 is 0 Å². The van der Waals surface area contributed by atoms with E-state index in [0.717, 1.165) is 4.88 Å². The second-order valence-electron chi connectivity index (χ2n) is 4.96. The Bertz CT molecular complexity index is 606. The number of carbonyl (C=O) groups excluding carboxylic acids is 1. The maximum Gasteiger partial charge on any atom is 0.236 e. The molecule has 0 bridgehead atoms. The molecule has 20 heavy (non-hydrogen) atoms. The minimum absolute atomic E-state index is 0.00400. The van der Waals surface area contributed by atoms with Crippen LogP contribution in [0.15, 0.2) is 21.9 Å². The number of oxazole rings is 1. The number of nitrogens with zero attached hydrogens (tertiary/aromatic N) is 2. The van der Waals surface area contributed by atoms with Crippen LogP contribution in [0.5, 0.6) is 0 Å². The van der Waals surface area contributed by atoms with Gasteiger partial charge in [-0.2, -0.15) is 0 Å². The molecule has 3 heterocycles. The van der Waals surface area contributed by atoms with E-state index in [-0.39, 0.29) is 18.4 Å². The van der Waals surface area contributed by atoms with Gasteiger partial charge in [0.2, 0.25) is 11.8 Å². The second-order valence-corrected chi connectivity index (χ2v) is 5.91. The molecular formula is C14H16N2O3S. The van der Waals surface area contributed by atoms with Crippen LogP contribution in [0.1, 0.15) is 17.9 Å². The lowest BCUT2D eigenvalue weighted by atomic mass is 10.2. The molecule has 0 radical (unpaired) electrons. The Balaban J connectivity index is 1.73. The summed E-state index contributed by atoms with van der Waals surface area (Å²) in [5, 5.41) is 11.4. The Kier molecular flexibility index (Phi) is 3.58. The predicted octanol–water partition coefficient (Wildman–Crippen LogP) is 1.85. The van der Waals surface area contributed by atoms with Crippen molar-refractivity contribution >= 4 is 17.2 Å². The molecule has 1 saturated heterocycles. The molecule has 106 valence electrons. The second kappa shape index (κ2) is 5.38. The predicted molar refractivity (Wildman–Crippen MR) is 75.5 cm³/mol. The molecule has 2 aromatic rings. The van der Waals surface area contributed by atoms with Crippen LogP contribution in [0.25, 0.3) is 10.8 Å². The summed E-state index contributed by atoms with van der Waals surface area (Å²) in [6, 6.07) is 3.88. The van der Waals surface area contributed by atoms with Gasteiger partial charge in [-0.1, -0.05) is 6.07 Å². The number of β-amino-alcohol motifs (C(OH)–C–C–N with tert-alkyl or cyclic N) is 1. The summed E-state index contributed by atoms with van der Waals surface area (Å²) >= 11 is 1.56. The zero-order valence-electron chi connectivity index (χ0n) is 11.2. The van der Waals surface area contributed by atoms with Crippen molar-refractivity contribution in [1.29, 1.82) is 0 Å². The largest absolute Gasteiger partial charge is 0.440 e. The summed E-state index contributed by atoms with van der Waals surface area (Å²) in [6.07, 6.45) is 0.497. The van der Waals surface area contributed by atoms with E-state index in [1.54, 1.807) is 16.2 Å². The van der Waals surface area contributed by atoms with Gasteiger partial charge in [0.15, 0.2) is 0 Å². The average molecular weight is 292 g/mol. The van der Waals surface area contributed by atoms with Crippen LogP contribution in [0.3, 0.4) is 0 Å². The van der Waals surface area contributed by atoms with Crippen molar-refractivity contribution in [2.45, 2.75) is 25.9 Å². The van der Waals surface area contributed by atoms with Crippen LogP contribution in [0.4, 0.5) is 0 Å². The van der Waals surface area contributed by atoms with Crippen molar-refractivity contribution in [3.8, 4) is 10.8 Å². The molecule has 5 nitrogen and oxygen atoms in total.